The van der Waals surface area contributed by atoms with E-state index in [-0.39, 0.29) is 0 Å². The van der Waals surface area contributed by atoms with Crippen molar-refractivity contribution >= 4 is 77.6 Å². The maximum atomic E-state index is 5.09. The fourth-order valence-corrected chi connectivity index (χ4v) is 7.52. The molecule has 0 bridgehead atoms. The topological polar surface area (TPSA) is 70.1 Å². The molecule has 4 aromatic heterocycles. The Hall–Kier alpha value is -7.72. The van der Waals surface area contributed by atoms with E-state index >= 15 is 0 Å². The lowest BCUT2D eigenvalue weighted by atomic mass is 10.2. The van der Waals surface area contributed by atoms with Gasteiger partial charge in [-0.15, -0.1) is 0 Å². The van der Waals surface area contributed by atoms with Crippen LogP contribution in [0.4, 0.5) is 45.8 Å². The molecular weight excluding hydrogens is 930 g/mol. The lowest BCUT2D eigenvalue weighted by Crippen LogP contribution is -2.12. The van der Waals surface area contributed by atoms with E-state index in [4.69, 9.17) is 9.97 Å². The summed E-state index contributed by atoms with van der Waals surface area (Å²) >= 11 is 6.65. The Morgan fingerprint density at radius 2 is 0.523 bits per heavy atom. The molecule has 0 atom stereocenters. The quantitative estimate of drug-likeness (QED) is 0.137. The van der Waals surface area contributed by atoms with Gasteiger partial charge in [0.05, 0.1) is 22.8 Å². The van der Waals surface area contributed by atoms with E-state index in [0.29, 0.717) is 0 Å². The molecule has 7 nitrogen and oxygen atoms in total. The van der Waals surface area contributed by atoms with E-state index < -0.39 is 0 Å². The zero-order valence-electron chi connectivity index (χ0n) is 35.2. The minimum Gasteiger partial charge on any atom is -0.356 e. The highest BCUT2D eigenvalue weighted by Gasteiger charge is 2.17. The van der Waals surface area contributed by atoms with Crippen molar-refractivity contribution in [1.82, 2.24) is 19.9 Å². The van der Waals surface area contributed by atoms with E-state index in [1.165, 1.54) is 0 Å². The molecule has 10 aromatic rings. The first-order chi connectivity index (χ1) is 32.1. The highest BCUT2D eigenvalue weighted by molar-refractivity contribution is 9.10. The smallest absolute Gasteiger partial charge is 0.138 e. The Kier molecular flexibility index (Phi) is 15.3. The average molecular weight is 974 g/mol. The highest BCUT2D eigenvalue weighted by atomic mass is 79.9. The number of hydrogen-bond acceptors (Lipinski definition) is 7. The molecule has 0 aliphatic carbocycles. The van der Waals surface area contributed by atoms with Gasteiger partial charge in [-0.3, -0.25) is 9.80 Å². The molecule has 0 amide bonds. The third kappa shape index (κ3) is 12.3. The fourth-order valence-electron chi connectivity index (χ4n) is 6.83. The van der Waals surface area contributed by atoms with Gasteiger partial charge in [-0.2, -0.15) is 0 Å². The molecule has 0 radical (unpaired) electrons. The van der Waals surface area contributed by atoms with Crippen LogP contribution in [0.25, 0.3) is 22.8 Å². The third-order valence-electron chi connectivity index (χ3n) is 9.78. The maximum absolute atomic E-state index is 5.09. The number of nitrogens with one attached hydrogen (secondary N) is 1. The molecule has 10 rings (SSSR count). The van der Waals surface area contributed by atoms with Gasteiger partial charge in [0.25, 0.3) is 0 Å². The van der Waals surface area contributed by atoms with Crippen LogP contribution >= 0.6 is 31.9 Å². The zero-order chi connectivity index (χ0) is 44.5. The Labute approximate surface area is 397 Å². The molecule has 316 valence electrons. The Morgan fingerprint density at radius 3 is 0.815 bits per heavy atom. The molecular formula is C56H43Br2N7. The van der Waals surface area contributed by atoms with Gasteiger partial charge in [-0.1, -0.05) is 133 Å². The minimum atomic E-state index is 0.808. The van der Waals surface area contributed by atoms with Crippen molar-refractivity contribution in [1.29, 1.82) is 0 Å². The Bertz CT molecular complexity index is 2700. The Morgan fingerprint density at radius 1 is 0.262 bits per heavy atom. The van der Waals surface area contributed by atoms with Gasteiger partial charge in [0, 0.05) is 34.1 Å². The summed E-state index contributed by atoms with van der Waals surface area (Å²) < 4.78 is 1.63. The standard InChI is InChI=1S/C34H26N4.C12H11N.C10H6Br2N2/c1-5-15-27(16-6-1)37(28-17-7-2-8-18-28)33-25-13-23-31(35-33)32-24-14-26-34(36-32)38(29-19-9-3-10-20-29)30-21-11-4-12-22-30;1-3-7-11(8-4-1)13-12-9-5-2-6-10-12;11-9-5-1-3-7(13-9)8-4-2-6-10(12)14-8/h1-26H;1-10,13H;1-6H. The minimum absolute atomic E-state index is 0.808. The predicted octanol–water partition coefficient (Wildman–Crippen LogP) is 16.2. The van der Waals surface area contributed by atoms with Crippen molar-refractivity contribution in [2.24, 2.45) is 0 Å². The number of nitrogens with zero attached hydrogens (tertiary/aromatic N) is 6. The molecule has 0 unspecified atom stereocenters. The normalized spacial score (nSPS) is 10.3. The first kappa shape index (κ1) is 43.9. The van der Waals surface area contributed by atoms with Gasteiger partial charge >= 0.3 is 0 Å². The largest absolute Gasteiger partial charge is 0.356 e. The van der Waals surface area contributed by atoms with Crippen LogP contribution in [0.3, 0.4) is 0 Å². The monoisotopic (exact) mass is 971 g/mol. The zero-order valence-corrected chi connectivity index (χ0v) is 38.4. The molecule has 9 heteroatoms. The second-order valence-corrected chi connectivity index (χ2v) is 15.9. The number of pyridine rings is 4. The van der Waals surface area contributed by atoms with Crippen molar-refractivity contribution in [2.75, 3.05) is 15.1 Å². The van der Waals surface area contributed by atoms with Gasteiger partial charge in [0.15, 0.2) is 0 Å². The van der Waals surface area contributed by atoms with Crippen LogP contribution in [-0.4, -0.2) is 19.9 Å². The summed E-state index contributed by atoms with van der Waals surface area (Å²) in [4.78, 5) is 23.1. The second-order valence-electron chi connectivity index (χ2n) is 14.3. The van der Waals surface area contributed by atoms with Gasteiger partial charge in [0.1, 0.15) is 20.8 Å². The highest BCUT2D eigenvalue weighted by Crippen LogP contribution is 2.36. The molecule has 0 aliphatic heterocycles. The summed E-state index contributed by atoms with van der Waals surface area (Å²) in [6.07, 6.45) is 0. The number of para-hydroxylation sites is 6. The second kappa shape index (κ2) is 22.6. The molecule has 6 aromatic carbocycles. The third-order valence-corrected chi connectivity index (χ3v) is 10.7. The number of anilines is 8. The van der Waals surface area contributed by atoms with E-state index in [1.807, 2.05) is 206 Å². The molecule has 4 heterocycles. The van der Waals surface area contributed by atoms with Crippen molar-refractivity contribution < 1.29 is 0 Å². The van der Waals surface area contributed by atoms with Crippen LogP contribution in [0.5, 0.6) is 0 Å². The van der Waals surface area contributed by atoms with Gasteiger partial charge in [0.2, 0.25) is 0 Å². The van der Waals surface area contributed by atoms with E-state index in [1.54, 1.807) is 0 Å². The van der Waals surface area contributed by atoms with Crippen molar-refractivity contribution in [3.63, 3.8) is 0 Å². The molecule has 0 saturated heterocycles. The van der Waals surface area contributed by atoms with Crippen molar-refractivity contribution in [3.8, 4) is 22.8 Å². The molecule has 0 saturated carbocycles. The summed E-state index contributed by atoms with van der Waals surface area (Å²) in [7, 11) is 0. The van der Waals surface area contributed by atoms with Crippen LogP contribution in [0.2, 0.25) is 0 Å². The summed E-state index contributed by atoms with van der Waals surface area (Å²) in [6, 6.07) is 85.2. The molecule has 0 aliphatic rings. The van der Waals surface area contributed by atoms with E-state index in [2.05, 4.69) is 105 Å². The average Bonchev–Trinajstić information content (AvgIpc) is 3.37. The first-order valence-electron chi connectivity index (χ1n) is 20.9. The van der Waals surface area contributed by atoms with Crippen LogP contribution in [-0.2, 0) is 0 Å². The van der Waals surface area contributed by atoms with Crippen molar-refractivity contribution in [2.45, 2.75) is 0 Å². The van der Waals surface area contributed by atoms with E-state index in [0.717, 1.165) is 77.7 Å². The van der Waals surface area contributed by atoms with Crippen molar-refractivity contribution in [3.05, 3.63) is 264 Å². The molecule has 1 N–H and O–H groups in total. The number of halogens is 2. The number of benzene rings is 6. The number of aromatic nitrogens is 4. The Balaban J connectivity index is 0.000000172. The van der Waals surface area contributed by atoms with Gasteiger partial charge in [-0.05, 0) is 153 Å². The van der Waals surface area contributed by atoms with Crippen LogP contribution in [0, 0.1) is 0 Å². The van der Waals surface area contributed by atoms with Gasteiger partial charge < -0.3 is 5.32 Å². The summed E-state index contributed by atoms with van der Waals surface area (Å²) in [5.41, 5.74) is 9.76. The summed E-state index contributed by atoms with van der Waals surface area (Å²) in [6.45, 7) is 0. The molecule has 0 spiro atoms. The lowest BCUT2D eigenvalue weighted by Gasteiger charge is -2.25. The van der Waals surface area contributed by atoms with E-state index in [9.17, 15) is 0 Å². The van der Waals surface area contributed by atoms with Crippen LogP contribution < -0.4 is 15.1 Å². The first-order valence-corrected chi connectivity index (χ1v) is 22.5. The summed E-state index contributed by atoms with van der Waals surface area (Å²) in [5, 5.41) is 3.30. The fraction of sp³-hybridized carbons (Fsp3) is 0. The maximum Gasteiger partial charge on any atom is 0.138 e. The van der Waals surface area contributed by atoms with Gasteiger partial charge in [-0.25, -0.2) is 19.9 Å². The summed E-state index contributed by atoms with van der Waals surface area (Å²) in [5.74, 6) is 1.66. The number of hydrogen-bond donors (Lipinski definition) is 1. The van der Waals surface area contributed by atoms with Crippen LogP contribution in [0.15, 0.2) is 264 Å². The molecule has 65 heavy (non-hydrogen) atoms. The SMILES string of the molecule is Brc1cccc(-c2cccc(Br)n2)n1.c1ccc(N(c2ccccc2)c2cccc(-c3cccc(N(c4ccccc4)c4ccccc4)n3)n2)cc1.c1ccc(Nc2ccccc2)cc1. The lowest BCUT2D eigenvalue weighted by molar-refractivity contribution is 1.15. The number of rotatable bonds is 10. The van der Waals surface area contributed by atoms with Crippen LogP contribution in [0.1, 0.15) is 0 Å². The molecule has 0 fully saturated rings. The predicted molar refractivity (Wildman–Crippen MR) is 276 cm³/mol.